The molecule has 2 amide bonds. The molecule has 0 heterocycles. The normalized spacial score (nSPS) is 12.2. The zero-order chi connectivity index (χ0) is 27.9. The van der Waals surface area contributed by atoms with Gasteiger partial charge in [-0.2, -0.15) is 0 Å². The molecule has 0 aromatic heterocycles. The number of anilines is 1. The molecule has 7 nitrogen and oxygen atoms in total. The van der Waals surface area contributed by atoms with E-state index in [-0.39, 0.29) is 23.4 Å². The van der Waals surface area contributed by atoms with Crippen LogP contribution >= 0.6 is 15.9 Å². The van der Waals surface area contributed by atoms with Crippen molar-refractivity contribution in [2.45, 2.75) is 51.1 Å². The van der Waals surface area contributed by atoms with Crippen molar-refractivity contribution in [3.8, 4) is 0 Å². The molecule has 0 fully saturated rings. The Balaban J connectivity index is 1.98. The van der Waals surface area contributed by atoms with E-state index in [0.29, 0.717) is 16.6 Å². The quantitative estimate of drug-likeness (QED) is 0.338. The van der Waals surface area contributed by atoms with Crippen LogP contribution in [0.5, 0.6) is 0 Å². The zero-order valence-electron chi connectivity index (χ0n) is 22.1. The number of aryl methyl sites for hydroxylation is 1. The molecule has 3 aromatic rings. The maximum Gasteiger partial charge on any atom is 0.264 e. The minimum atomic E-state index is -4.08. The summed E-state index contributed by atoms with van der Waals surface area (Å²) < 4.78 is 29.4. The Hall–Kier alpha value is -3.17. The Labute approximate surface area is 234 Å². The molecule has 0 saturated carbocycles. The van der Waals surface area contributed by atoms with Gasteiger partial charge in [0.2, 0.25) is 11.8 Å². The van der Waals surface area contributed by atoms with Crippen LogP contribution in [0.4, 0.5) is 5.69 Å². The lowest BCUT2D eigenvalue weighted by Crippen LogP contribution is -2.53. The van der Waals surface area contributed by atoms with E-state index < -0.39 is 28.5 Å². The number of sulfonamides is 1. The number of carbonyl (C=O) groups is 2. The van der Waals surface area contributed by atoms with Crippen LogP contribution in [0.25, 0.3) is 0 Å². The number of amides is 2. The van der Waals surface area contributed by atoms with Gasteiger partial charge >= 0.3 is 0 Å². The van der Waals surface area contributed by atoms with E-state index in [1.807, 2.05) is 51.1 Å². The van der Waals surface area contributed by atoms with Crippen molar-refractivity contribution in [3.63, 3.8) is 0 Å². The maximum absolute atomic E-state index is 13.8. The second-order valence-electron chi connectivity index (χ2n) is 9.47. The molecular weight excluding hydrogens is 566 g/mol. The van der Waals surface area contributed by atoms with E-state index in [4.69, 9.17) is 0 Å². The number of carbonyl (C=O) groups excluding carboxylic acids is 2. The van der Waals surface area contributed by atoms with Crippen LogP contribution in [-0.4, -0.2) is 50.3 Å². The number of nitrogens with one attached hydrogen (secondary N) is 1. The average molecular weight is 601 g/mol. The molecule has 202 valence electrons. The summed E-state index contributed by atoms with van der Waals surface area (Å²) in [4.78, 5) is 28.3. The van der Waals surface area contributed by atoms with Gasteiger partial charge in [0.1, 0.15) is 12.6 Å². The Morgan fingerprint density at radius 1 is 0.921 bits per heavy atom. The number of hydrogen-bond donors (Lipinski definition) is 1. The first kappa shape index (κ1) is 29.4. The van der Waals surface area contributed by atoms with E-state index in [0.717, 1.165) is 15.4 Å². The Morgan fingerprint density at radius 3 is 2.18 bits per heavy atom. The first-order chi connectivity index (χ1) is 18.0. The second kappa shape index (κ2) is 13.1. The standard InChI is InChI=1S/C29H34BrN3O4S/c1-21(2)31-29(35)23(4)32(18-17-24-9-6-5-7-10-24)28(34)20-33(26-12-8-11-25(30)19-26)38(36,37)27-15-13-22(3)14-16-27/h5-16,19,21,23H,17-18,20H2,1-4H3,(H,31,35). The Kier molecular flexibility index (Phi) is 10.1. The number of benzene rings is 3. The van der Waals surface area contributed by atoms with Gasteiger partial charge in [-0.3, -0.25) is 13.9 Å². The van der Waals surface area contributed by atoms with Crippen molar-refractivity contribution in [3.05, 3.63) is 94.5 Å². The van der Waals surface area contributed by atoms with Crippen LogP contribution in [0.2, 0.25) is 0 Å². The van der Waals surface area contributed by atoms with Crippen molar-refractivity contribution in [2.24, 2.45) is 0 Å². The van der Waals surface area contributed by atoms with E-state index in [9.17, 15) is 18.0 Å². The molecular formula is C29H34BrN3O4S. The molecule has 0 aliphatic carbocycles. The van der Waals surface area contributed by atoms with Gasteiger partial charge in [-0.15, -0.1) is 0 Å². The minimum absolute atomic E-state index is 0.0808. The maximum atomic E-state index is 13.8. The van der Waals surface area contributed by atoms with Crippen molar-refractivity contribution in [1.82, 2.24) is 10.2 Å². The van der Waals surface area contributed by atoms with Gasteiger partial charge < -0.3 is 10.2 Å². The van der Waals surface area contributed by atoms with Crippen LogP contribution in [0.15, 0.2) is 88.2 Å². The number of rotatable bonds is 11. The molecule has 1 atom stereocenters. The first-order valence-corrected chi connectivity index (χ1v) is 14.7. The molecule has 0 aliphatic heterocycles. The minimum Gasteiger partial charge on any atom is -0.352 e. The molecule has 1 unspecified atom stereocenters. The summed E-state index contributed by atoms with van der Waals surface area (Å²) in [6.07, 6.45) is 0.521. The van der Waals surface area contributed by atoms with Gasteiger partial charge in [0.05, 0.1) is 10.6 Å². The number of nitrogens with zero attached hydrogens (tertiary/aromatic N) is 2. The third-order valence-corrected chi connectivity index (χ3v) is 8.35. The highest BCUT2D eigenvalue weighted by Gasteiger charge is 2.32. The summed E-state index contributed by atoms with van der Waals surface area (Å²) in [5.41, 5.74) is 2.28. The lowest BCUT2D eigenvalue weighted by molar-refractivity contribution is -0.139. The largest absolute Gasteiger partial charge is 0.352 e. The van der Waals surface area contributed by atoms with E-state index in [2.05, 4.69) is 21.2 Å². The molecule has 38 heavy (non-hydrogen) atoms. The zero-order valence-corrected chi connectivity index (χ0v) is 24.5. The highest BCUT2D eigenvalue weighted by molar-refractivity contribution is 9.10. The van der Waals surface area contributed by atoms with Gasteiger partial charge in [0.25, 0.3) is 10.0 Å². The topological polar surface area (TPSA) is 86.8 Å². The highest BCUT2D eigenvalue weighted by atomic mass is 79.9. The molecule has 0 saturated heterocycles. The van der Waals surface area contributed by atoms with Crippen LogP contribution in [0.1, 0.15) is 31.9 Å². The van der Waals surface area contributed by atoms with Gasteiger partial charge in [0.15, 0.2) is 0 Å². The van der Waals surface area contributed by atoms with Gasteiger partial charge in [-0.1, -0.05) is 70.0 Å². The number of halogens is 1. The SMILES string of the molecule is Cc1ccc(S(=O)(=O)N(CC(=O)N(CCc2ccccc2)C(C)C(=O)NC(C)C)c2cccc(Br)c2)cc1. The van der Waals surface area contributed by atoms with E-state index >= 15 is 0 Å². The summed E-state index contributed by atoms with van der Waals surface area (Å²) in [6, 6.07) is 22.1. The van der Waals surface area contributed by atoms with Gasteiger partial charge in [-0.05, 0) is 70.0 Å². The third-order valence-electron chi connectivity index (χ3n) is 6.07. The van der Waals surface area contributed by atoms with E-state index in [1.54, 1.807) is 43.3 Å². The van der Waals surface area contributed by atoms with Crippen LogP contribution in [0.3, 0.4) is 0 Å². The van der Waals surface area contributed by atoms with Crippen molar-refractivity contribution in [2.75, 3.05) is 17.4 Å². The fourth-order valence-corrected chi connectivity index (χ4v) is 5.77. The first-order valence-electron chi connectivity index (χ1n) is 12.5. The van der Waals surface area contributed by atoms with Crippen molar-refractivity contribution < 1.29 is 18.0 Å². The summed E-state index contributed by atoms with van der Waals surface area (Å²) in [5, 5.41) is 2.86. The predicted molar refractivity (Wildman–Crippen MR) is 154 cm³/mol. The molecule has 3 rings (SSSR count). The fourth-order valence-electron chi connectivity index (χ4n) is 3.97. The molecule has 1 N–H and O–H groups in total. The average Bonchev–Trinajstić information content (AvgIpc) is 2.87. The summed E-state index contributed by atoms with van der Waals surface area (Å²) >= 11 is 3.40. The van der Waals surface area contributed by atoms with Crippen molar-refractivity contribution >= 4 is 43.5 Å². The molecule has 0 spiro atoms. The van der Waals surface area contributed by atoms with Crippen LogP contribution in [-0.2, 0) is 26.0 Å². The summed E-state index contributed by atoms with van der Waals surface area (Å²) in [7, 11) is -4.08. The van der Waals surface area contributed by atoms with Crippen LogP contribution in [0, 0.1) is 6.92 Å². The van der Waals surface area contributed by atoms with E-state index in [1.165, 1.54) is 17.0 Å². The highest BCUT2D eigenvalue weighted by Crippen LogP contribution is 2.27. The number of hydrogen-bond acceptors (Lipinski definition) is 4. The smallest absolute Gasteiger partial charge is 0.264 e. The summed E-state index contributed by atoms with van der Waals surface area (Å²) in [6.45, 7) is 7.04. The third kappa shape index (κ3) is 7.68. The van der Waals surface area contributed by atoms with Crippen LogP contribution < -0.4 is 9.62 Å². The molecule has 0 aliphatic rings. The second-order valence-corrected chi connectivity index (χ2v) is 12.2. The molecule has 9 heteroatoms. The monoisotopic (exact) mass is 599 g/mol. The Bertz CT molecular complexity index is 1350. The van der Waals surface area contributed by atoms with Crippen molar-refractivity contribution in [1.29, 1.82) is 0 Å². The van der Waals surface area contributed by atoms with Gasteiger partial charge in [0, 0.05) is 17.1 Å². The lowest BCUT2D eigenvalue weighted by atomic mass is 10.1. The van der Waals surface area contributed by atoms with Gasteiger partial charge in [-0.25, -0.2) is 8.42 Å². The predicted octanol–water partition coefficient (Wildman–Crippen LogP) is 4.94. The summed E-state index contributed by atoms with van der Waals surface area (Å²) in [5.74, 6) is -0.764. The Morgan fingerprint density at radius 2 is 1.58 bits per heavy atom. The molecule has 3 aromatic carbocycles. The molecule has 0 radical (unpaired) electrons. The fraction of sp³-hybridized carbons (Fsp3) is 0.310. The lowest BCUT2D eigenvalue weighted by Gasteiger charge is -2.32. The molecule has 0 bridgehead atoms.